The van der Waals surface area contributed by atoms with Crippen LogP contribution in [0.25, 0.3) is 0 Å². The fraction of sp³-hybridized carbons (Fsp3) is 0.308. The van der Waals surface area contributed by atoms with Gasteiger partial charge < -0.3 is 15.0 Å². The molecule has 4 nitrogen and oxygen atoms in total. The lowest BCUT2D eigenvalue weighted by Crippen LogP contribution is -2.16. The van der Waals surface area contributed by atoms with Crippen molar-refractivity contribution in [3.05, 3.63) is 53.1 Å². The fourth-order valence-corrected chi connectivity index (χ4v) is 2.21. The van der Waals surface area contributed by atoms with Crippen molar-refractivity contribution in [2.75, 3.05) is 0 Å². The average Bonchev–Trinajstić information content (AvgIpc) is 2.95. The Hall–Kier alpha value is -1.65. The highest BCUT2D eigenvalue weighted by Crippen LogP contribution is 2.25. The summed E-state index contributed by atoms with van der Waals surface area (Å²) in [4.78, 5) is 4.29. The Balaban J connectivity index is 1.97. The Morgan fingerprint density at radius 3 is 2.94 bits per heavy atom. The third-order valence-corrected chi connectivity index (χ3v) is 3.24. The van der Waals surface area contributed by atoms with Gasteiger partial charge in [-0.15, -0.1) is 0 Å². The van der Waals surface area contributed by atoms with Gasteiger partial charge >= 0.3 is 0 Å². The van der Waals surface area contributed by atoms with E-state index in [4.69, 9.17) is 10.5 Å². The van der Waals surface area contributed by atoms with Crippen molar-refractivity contribution in [1.82, 2.24) is 9.55 Å². The zero-order valence-electron chi connectivity index (χ0n) is 9.76. The van der Waals surface area contributed by atoms with Gasteiger partial charge in [-0.3, -0.25) is 0 Å². The number of aryl methyl sites for hydroxylation is 1. The molecule has 1 unspecified atom stereocenters. The van der Waals surface area contributed by atoms with Crippen molar-refractivity contribution in [2.24, 2.45) is 12.8 Å². The first-order chi connectivity index (χ1) is 8.25. The largest absolute Gasteiger partial charge is 0.372 e. The molecule has 1 aliphatic heterocycles. The highest BCUT2D eigenvalue weighted by Gasteiger charge is 2.17. The van der Waals surface area contributed by atoms with E-state index in [-0.39, 0.29) is 6.04 Å². The van der Waals surface area contributed by atoms with Crippen molar-refractivity contribution in [3.8, 4) is 0 Å². The van der Waals surface area contributed by atoms with Gasteiger partial charge in [-0.2, -0.15) is 0 Å². The summed E-state index contributed by atoms with van der Waals surface area (Å²) in [5, 5.41) is 0. The van der Waals surface area contributed by atoms with E-state index < -0.39 is 0 Å². The fourth-order valence-electron chi connectivity index (χ4n) is 2.21. The Morgan fingerprint density at radius 2 is 2.18 bits per heavy atom. The zero-order chi connectivity index (χ0) is 11.8. The number of rotatable bonds is 2. The highest BCUT2D eigenvalue weighted by atomic mass is 16.5. The van der Waals surface area contributed by atoms with Crippen molar-refractivity contribution in [2.45, 2.75) is 19.3 Å². The summed E-state index contributed by atoms with van der Waals surface area (Å²) in [6.07, 6.45) is 3.68. The molecule has 1 aromatic carbocycles. The molecular weight excluding hydrogens is 214 g/mol. The van der Waals surface area contributed by atoms with Crippen LogP contribution in [0.5, 0.6) is 0 Å². The van der Waals surface area contributed by atoms with Crippen LogP contribution < -0.4 is 5.73 Å². The maximum absolute atomic E-state index is 6.23. The van der Waals surface area contributed by atoms with Crippen LogP contribution in [0, 0.1) is 0 Å². The van der Waals surface area contributed by atoms with E-state index in [1.54, 1.807) is 6.20 Å². The third kappa shape index (κ3) is 1.75. The van der Waals surface area contributed by atoms with Gasteiger partial charge in [-0.1, -0.05) is 18.2 Å². The predicted octanol–water partition coefficient (Wildman–Crippen LogP) is 1.50. The normalized spacial score (nSPS) is 15.9. The van der Waals surface area contributed by atoms with Gasteiger partial charge in [0.1, 0.15) is 5.82 Å². The molecule has 1 aliphatic rings. The van der Waals surface area contributed by atoms with Crippen LogP contribution in [0.4, 0.5) is 0 Å². The number of nitrogens with two attached hydrogens (primary N) is 1. The smallest absolute Gasteiger partial charge is 0.129 e. The second-order valence-corrected chi connectivity index (χ2v) is 4.39. The molecule has 0 spiro atoms. The minimum absolute atomic E-state index is 0.180. The van der Waals surface area contributed by atoms with Gasteiger partial charge in [0.05, 0.1) is 19.3 Å². The number of benzene rings is 1. The molecule has 1 atom stereocenters. The van der Waals surface area contributed by atoms with E-state index in [9.17, 15) is 0 Å². The predicted molar refractivity (Wildman–Crippen MR) is 64.2 cm³/mol. The maximum atomic E-state index is 6.23. The molecule has 3 rings (SSSR count). The molecule has 0 fully saturated rings. The first-order valence-electron chi connectivity index (χ1n) is 5.68. The van der Waals surface area contributed by atoms with E-state index in [1.165, 1.54) is 11.1 Å². The summed E-state index contributed by atoms with van der Waals surface area (Å²) in [7, 11) is 1.96. The molecule has 0 saturated carbocycles. The van der Waals surface area contributed by atoms with Gasteiger partial charge in [-0.05, 0) is 16.7 Å². The molecule has 17 heavy (non-hydrogen) atoms. The molecule has 2 N–H and O–H groups in total. The van der Waals surface area contributed by atoms with E-state index in [0.29, 0.717) is 13.2 Å². The Morgan fingerprint density at radius 1 is 1.35 bits per heavy atom. The van der Waals surface area contributed by atoms with Crippen LogP contribution in [0.1, 0.15) is 28.6 Å². The maximum Gasteiger partial charge on any atom is 0.129 e. The zero-order valence-corrected chi connectivity index (χ0v) is 9.76. The minimum atomic E-state index is -0.180. The van der Waals surface area contributed by atoms with Crippen LogP contribution in [-0.2, 0) is 25.0 Å². The Labute approximate surface area is 100 Å². The number of hydrogen-bond donors (Lipinski definition) is 1. The first kappa shape index (κ1) is 10.5. The first-order valence-corrected chi connectivity index (χ1v) is 5.68. The second-order valence-electron chi connectivity index (χ2n) is 4.39. The van der Waals surface area contributed by atoms with E-state index in [1.807, 2.05) is 17.8 Å². The Kier molecular flexibility index (Phi) is 2.46. The van der Waals surface area contributed by atoms with Crippen molar-refractivity contribution < 1.29 is 4.74 Å². The molecule has 0 amide bonds. The summed E-state index contributed by atoms with van der Waals surface area (Å²) in [5.41, 5.74) is 9.83. The van der Waals surface area contributed by atoms with Gasteiger partial charge in [0, 0.05) is 19.4 Å². The molecule has 4 heteroatoms. The van der Waals surface area contributed by atoms with Crippen molar-refractivity contribution in [3.63, 3.8) is 0 Å². The monoisotopic (exact) mass is 229 g/mol. The Bertz CT molecular complexity index is 547. The van der Waals surface area contributed by atoms with Gasteiger partial charge in [0.25, 0.3) is 0 Å². The number of nitrogens with zero attached hydrogens (tertiary/aromatic N) is 2. The van der Waals surface area contributed by atoms with Gasteiger partial charge in [-0.25, -0.2) is 4.98 Å². The molecule has 0 bridgehead atoms. The third-order valence-electron chi connectivity index (χ3n) is 3.24. The van der Waals surface area contributed by atoms with Gasteiger partial charge in [0.2, 0.25) is 0 Å². The van der Waals surface area contributed by atoms with Crippen LogP contribution in [0.2, 0.25) is 0 Å². The molecule has 2 heterocycles. The summed E-state index contributed by atoms with van der Waals surface area (Å²) >= 11 is 0. The number of ether oxygens (including phenoxy) is 1. The van der Waals surface area contributed by atoms with Crippen molar-refractivity contribution in [1.29, 1.82) is 0 Å². The summed E-state index contributed by atoms with van der Waals surface area (Å²) in [5.74, 6) is 0.879. The SMILES string of the molecule is Cn1ccnc1C(N)c1ccc2c(c1)COC2. The molecule has 88 valence electrons. The van der Waals surface area contributed by atoms with Gasteiger partial charge in [0.15, 0.2) is 0 Å². The lowest BCUT2D eigenvalue weighted by atomic mass is 10.0. The van der Waals surface area contributed by atoms with Crippen LogP contribution >= 0.6 is 0 Å². The second kappa shape index (κ2) is 3.98. The van der Waals surface area contributed by atoms with E-state index >= 15 is 0 Å². The summed E-state index contributed by atoms with van der Waals surface area (Å²) in [6.45, 7) is 1.41. The van der Waals surface area contributed by atoms with E-state index in [0.717, 1.165) is 11.4 Å². The van der Waals surface area contributed by atoms with Crippen LogP contribution in [0.3, 0.4) is 0 Å². The minimum Gasteiger partial charge on any atom is -0.372 e. The molecule has 0 aliphatic carbocycles. The summed E-state index contributed by atoms with van der Waals surface area (Å²) < 4.78 is 7.36. The molecular formula is C13H15N3O. The van der Waals surface area contributed by atoms with Crippen molar-refractivity contribution >= 4 is 0 Å². The number of hydrogen-bond acceptors (Lipinski definition) is 3. The van der Waals surface area contributed by atoms with E-state index in [2.05, 4.69) is 23.2 Å². The molecule has 0 saturated heterocycles. The molecule has 2 aromatic rings. The number of fused-ring (bicyclic) bond motifs is 1. The number of imidazole rings is 1. The lowest BCUT2D eigenvalue weighted by Gasteiger charge is -2.13. The molecule has 1 aromatic heterocycles. The topological polar surface area (TPSA) is 53.1 Å². The van der Waals surface area contributed by atoms with Crippen LogP contribution in [0.15, 0.2) is 30.6 Å². The number of aromatic nitrogens is 2. The molecule has 0 radical (unpaired) electrons. The average molecular weight is 229 g/mol. The van der Waals surface area contributed by atoms with Crippen LogP contribution in [-0.4, -0.2) is 9.55 Å². The lowest BCUT2D eigenvalue weighted by molar-refractivity contribution is 0.134. The quantitative estimate of drug-likeness (QED) is 0.849. The summed E-state index contributed by atoms with van der Waals surface area (Å²) in [6, 6.07) is 6.11. The standard InChI is InChI=1S/C13H15N3O/c1-16-5-4-15-13(16)12(14)9-2-3-10-7-17-8-11(10)6-9/h2-6,12H,7-8,14H2,1H3. The highest BCUT2D eigenvalue weighted by molar-refractivity contribution is 5.36.